The van der Waals surface area contributed by atoms with Crippen LogP contribution < -0.4 is 15.0 Å². The Morgan fingerprint density at radius 2 is 1.78 bits per heavy atom. The molecular formula is C23H27Br2N3O4. The summed E-state index contributed by atoms with van der Waals surface area (Å²) >= 11 is 6.87. The van der Waals surface area contributed by atoms with Crippen LogP contribution in [0.25, 0.3) is 0 Å². The van der Waals surface area contributed by atoms with Gasteiger partial charge in [0.25, 0.3) is 5.91 Å². The van der Waals surface area contributed by atoms with Crippen molar-refractivity contribution in [3.63, 3.8) is 0 Å². The highest BCUT2D eigenvalue weighted by Crippen LogP contribution is 2.35. The van der Waals surface area contributed by atoms with Crippen LogP contribution in [0.2, 0.25) is 0 Å². The molecule has 1 N–H and O–H groups in total. The second kappa shape index (κ2) is 11.2. The van der Waals surface area contributed by atoms with Crippen LogP contribution in [0.4, 0.5) is 11.4 Å². The number of piperazine rings is 1. The third-order valence-electron chi connectivity index (χ3n) is 5.37. The van der Waals surface area contributed by atoms with Crippen molar-refractivity contribution in [1.29, 1.82) is 0 Å². The molecule has 2 aromatic carbocycles. The lowest BCUT2D eigenvalue weighted by molar-refractivity contribution is 0.0526. The highest BCUT2D eigenvalue weighted by molar-refractivity contribution is 9.11. The van der Waals surface area contributed by atoms with E-state index in [0.717, 1.165) is 42.9 Å². The van der Waals surface area contributed by atoms with Gasteiger partial charge >= 0.3 is 5.97 Å². The highest BCUT2D eigenvalue weighted by Gasteiger charge is 2.23. The number of benzene rings is 2. The topological polar surface area (TPSA) is 71.1 Å². The smallest absolute Gasteiger partial charge is 0.338 e. The largest absolute Gasteiger partial charge is 0.495 e. The van der Waals surface area contributed by atoms with E-state index in [1.807, 2.05) is 12.1 Å². The molecule has 0 unspecified atom stereocenters. The summed E-state index contributed by atoms with van der Waals surface area (Å²) in [6.45, 7) is 8.76. The van der Waals surface area contributed by atoms with Crippen LogP contribution in [0.15, 0.2) is 39.3 Å². The zero-order chi connectivity index (χ0) is 23.3. The predicted octanol–water partition coefficient (Wildman–Crippen LogP) is 4.79. The molecule has 7 nitrogen and oxygen atoms in total. The summed E-state index contributed by atoms with van der Waals surface area (Å²) < 4.78 is 12.0. The van der Waals surface area contributed by atoms with Crippen molar-refractivity contribution >= 4 is 55.1 Å². The van der Waals surface area contributed by atoms with Crippen molar-refractivity contribution in [3.8, 4) is 5.75 Å². The molecule has 1 saturated heterocycles. The van der Waals surface area contributed by atoms with Gasteiger partial charge in [-0.1, -0.05) is 22.9 Å². The molecule has 0 radical (unpaired) electrons. The molecule has 0 spiro atoms. The van der Waals surface area contributed by atoms with Gasteiger partial charge in [-0.25, -0.2) is 4.79 Å². The number of ether oxygens (including phenoxy) is 2. The number of hydrogen-bond acceptors (Lipinski definition) is 6. The fourth-order valence-corrected chi connectivity index (χ4v) is 5.07. The fourth-order valence-electron chi connectivity index (χ4n) is 3.68. The number of likely N-dealkylation sites (N-methyl/N-ethyl adjacent to an activating group) is 1. The summed E-state index contributed by atoms with van der Waals surface area (Å²) in [4.78, 5) is 30.2. The fraction of sp³-hybridized carbons (Fsp3) is 0.391. The quantitative estimate of drug-likeness (QED) is 0.484. The average molecular weight is 569 g/mol. The lowest BCUT2D eigenvalue weighted by atomic mass is 10.1. The Morgan fingerprint density at radius 3 is 2.41 bits per heavy atom. The first-order chi connectivity index (χ1) is 15.4. The number of esters is 1. The Labute approximate surface area is 205 Å². The molecule has 0 aromatic heterocycles. The van der Waals surface area contributed by atoms with E-state index in [9.17, 15) is 9.59 Å². The number of nitrogens with zero attached hydrogens (tertiary/aromatic N) is 2. The second-order valence-electron chi connectivity index (χ2n) is 7.30. The molecule has 9 heteroatoms. The number of carbonyl (C=O) groups excluding carboxylic acids is 2. The van der Waals surface area contributed by atoms with Crippen LogP contribution in [-0.2, 0) is 4.74 Å². The molecule has 0 bridgehead atoms. The minimum Gasteiger partial charge on any atom is -0.495 e. The van der Waals surface area contributed by atoms with Crippen molar-refractivity contribution < 1.29 is 19.1 Å². The van der Waals surface area contributed by atoms with Crippen LogP contribution in [0.5, 0.6) is 5.75 Å². The first-order valence-electron chi connectivity index (χ1n) is 10.5. The van der Waals surface area contributed by atoms with Crippen molar-refractivity contribution in [1.82, 2.24) is 4.90 Å². The summed E-state index contributed by atoms with van der Waals surface area (Å²) in [5.74, 6) is -0.322. The number of rotatable bonds is 7. The second-order valence-corrected chi connectivity index (χ2v) is 9.07. The Morgan fingerprint density at radius 1 is 1.06 bits per heavy atom. The van der Waals surface area contributed by atoms with Crippen LogP contribution in [0.1, 0.15) is 34.6 Å². The molecule has 1 amide bonds. The van der Waals surface area contributed by atoms with Crippen molar-refractivity contribution in [3.05, 3.63) is 50.4 Å². The average Bonchev–Trinajstić information content (AvgIpc) is 2.78. The van der Waals surface area contributed by atoms with Gasteiger partial charge in [-0.05, 0) is 59.7 Å². The Balaban J connectivity index is 1.96. The SMILES string of the molecule is CCOC(=O)c1ccc(N2CCN(CC)CC2)c(NC(=O)c2cc(Br)cc(Br)c2OC)c1. The maximum Gasteiger partial charge on any atom is 0.338 e. The molecule has 3 rings (SSSR count). The monoisotopic (exact) mass is 567 g/mol. The Bertz CT molecular complexity index is 991. The third-order valence-corrected chi connectivity index (χ3v) is 6.42. The molecule has 0 aliphatic carbocycles. The molecular weight excluding hydrogens is 542 g/mol. The number of anilines is 2. The first-order valence-corrected chi connectivity index (χ1v) is 12.1. The lowest BCUT2D eigenvalue weighted by Gasteiger charge is -2.36. The predicted molar refractivity (Wildman–Crippen MR) is 133 cm³/mol. The van der Waals surface area contributed by atoms with E-state index < -0.39 is 5.97 Å². The van der Waals surface area contributed by atoms with Gasteiger partial charge in [0, 0.05) is 30.7 Å². The van der Waals surface area contributed by atoms with Crippen LogP contribution in [0, 0.1) is 0 Å². The zero-order valence-electron chi connectivity index (χ0n) is 18.4. The van der Waals surface area contributed by atoms with E-state index in [2.05, 4.69) is 53.9 Å². The molecule has 1 fully saturated rings. The van der Waals surface area contributed by atoms with Crippen molar-refractivity contribution in [2.75, 3.05) is 56.7 Å². The molecule has 0 atom stereocenters. The molecule has 1 heterocycles. The van der Waals surface area contributed by atoms with Crippen molar-refractivity contribution in [2.45, 2.75) is 13.8 Å². The number of nitrogens with one attached hydrogen (secondary N) is 1. The molecule has 2 aromatic rings. The summed E-state index contributed by atoms with van der Waals surface area (Å²) in [5, 5.41) is 2.99. The summed E-state index contributed by atoms with van der Waals surface area (Å²) in [6.07, 6.45) is 0. The molecule has 172 valence electrons. The maximum atomic E-state index is 13.3. The molecule has 32 heavy (non-hydrogen) atoms. The van der Waals surface area contributed by atoms with Gasteiger partial charge in [-0.2, -0.15) is 0 Å². The molecule has 1 aliphatic heterocycles. The van der Waals surface area contributed by atoms with Gasteiger partial charge < -0.3 is 24.6 Å². The summed E-state index contributed by atoms with van der Waals surface area (Å²) in [5.41, 5.74) is 2.19. The first kappa shape index (κ1) is 24.5. The van der Waals surface area contributed by atoms with Crippen LogP contribution >= 0.6 is 31.9 Å². The third kappa shape index (κ3) is 5.63. The van der Waals surface area contributed by atoms with Gasteiger partial charge in [0.15, 0.2) is 0 Å². The molecule has 0 saturated carbocycles. The number of halogens is 2. The van der Waals surface area contributed by atoms with E-state index in [1.165, 1.54) is 7.11 Å². The summed E-state index contributed by atoms with van der Waals surface area (Å²) in [7, 11) is 1.52. The van der Waals surface area contributed by atoms with E-state index >= 15 is 0 Å². The Kier molecular flexibility index (Phi) is 8.56. The van der Waals surface area contributed by atoms with Gasteiger partial charge in [-0.15, -0.1) is 0 Å². The van der Waals surface area contributed by atoms with Gasteiger partial charge in [0.1, 0.15) is 5.75 Å². The van der Waals surface area contributed by atoms with Gasteiger partial charge in [-0.3, -0.25) is 4.79 Å². The van der Waals surface area contributed by atoms with E-state index in [1.54, 1.807) is 25.1 Å². The van der Waals surface area contributed by atoms with Gasteiger partial charge in [0.2, 0.25) is 0 Å². The summed E-state index contributed by atoms with van der Waals surface area (Å²) in [6, 6.07) is 8.81. The normalized spacial score (nSPS) is 14.2. The van der Waals surface area contributed by atoms with Crippen molar-refractivity contribution in [2.24, 2.45) is 0 Å². The number of methoxy groups -OCH3 is 1. The number of carbonyl (C=O) groups is 2. The number of hydrogen-bond donors (Lipinski definition) is 1. The lowest BCUT2D eigenvalue weighted by Crippen LogP contribution is -2.46. The van der Waals surface area contributed by atoms with Gasteiger partial charge in [0.05, 0.1) is 40.7 Å². The minimum absolute atomic E-state index is 0.282. The number of amides is 1. The van der Waals surface area contributed by atoms with E-state index in [4.69, 9.17) is 9.47 Å². The van der Waals surface area contributed by atoms with Crippen LogP contribution in [0.3, 0.4) is 0 Å². The Hall–Kier alpha value is -2.10. The van der Waals surface area contributed by atoms with E-state index in [-0.39, 0.29) is 12.5 Å². The standard InChI is InChI=1S/C23H27Br2N3O4/c1-4-27-8-10-28(11-9-27)20-7-6-15(23(30)32-5-2)12-19(20)26-22(29)17-13-16(24)14-18(25)21(17)31-3/h6-7,12-14H,4-5,8-11H2,1-3H3,(H,26,29). The maximum absolute atomic E-state index is 13.3. The highest BCUT2D eigenvalue weighted by atomic mass is 79.9. The van der Waals surface area contributed by atoms with Crippen LogP contribution in [-0.4, -0.2) is 63.2 Å². The minimum atomic E-state index is -0.423. The van der Waals surface area contributed by atoms with E-state index in [0.29, 0.717) is 27.0 Å². The molecule has 1 aliphatic rings. The zero-order valence-corrected chi connectivity index (χ0v) is 21.6.